The number of rotatable bonds is 1. The van der Waals surface area contributed by atoms with Gasteiger partial charge in [0, 0.05) is 0 Å². The lowest BCUT2D eigenvalue weighted by atomic mass is 10.2. The Morgan fingerprint density at radius 3 is 2.40 bits per heavy atom. The van der Waals surface area contributed by atoms with Gasteiger partial charge in [-0.25, -0.2) is 4.39 Å². The molecule has 0 aromatic heterocycles. The zero-order valence-corrected chi connectivity index (χ0v) is 7.06. The summed E-state index contributed by atoms with van der Waals surface area (Å²) in [4.78, 5) is 10.0. The predicted molar refractivity (Wildman–Crippen MR) is 40.4 cm³/mol. The SMILES string of the molecule is O=C([O-])Nc1cccc(C(F)(F)F)c1F. The van der Waals surface area contributed by atoms with E-state index in [0.29, 0.717) is 6.07 Å². The van der Waals surface area contributed by atoms with Crippen molar-refractivity contribution in [2.24, 2.45) is 0 Å². The molecule has 0 unspecified atom stereocenters. The molecule has 1 amide bonds. The Morgan fingerprint density at radius 2 is 1.93 bits per heavy atom. The van der Waals surface area contributed by atoms with Crippen molar-refractivity contribution in [2.75, 3.05) is 5.32 Å². The summed E-state index contributed by atoms with van der Waals surface area (Å²) < 4.78 is 49.5. The van der Waals surface area contributed by atoms with E-state index < -0.39 is 29.3 Å². The lowest BCUT2D eigenvalue weighted by Gasteiger charge is -2.12. The molecule has 0 saturated heterocycles. The largest absolute Gasteiger partial charge is 0.530 e. The highest BCUT2D eigenvalue weighted by molar-refractivity contribution is 5.81. The van der Waals surface area contributed by atoms with Crippen molar-refractivity contribution in [3.63, 3.8) is 0 Å². The van der Waals surface area contributed by atoms with Gasteiger partial charge in [-0.2, -0.15) is 13.2 Å². The molecule has 1 N–H and O–H groups in total. The van der Waals surface area contributed by atoms with Gasteiger partial charge in [0.2, 0.25) is 0 Å². The number of halogens is 4. The Labute approximate surface area is 81.3 Å². The third kappa shape index (κ3) is 2.58. The summed E-state index contributed by atoms with van der Waals surface area (Å²) in [7, 11) is 0. The average molecular weight is 222 g/mol. The Morgan fingerprint density at radius 1 is 1.33 bits per heavy atom. The van der Waals surface area contributed by atoms with Gasteiger partial charge in [-0.3, -0.25) is 0 Å². The second-order valence-electron chi connectivity index (χ2n) is 2.58. The first kappa shape index (κ1) is 11.3. The number of carbonyl (C=O) groups is 1. The van der Waals surface area contributed by atoms with Crippen molar-refractivity contribution in [2.45, 2.75) is 6.18 Å². The molecule has 1 rings (SSSR count). The molecule has 0 heterocycles. The van der Waals surface area contributed by atoms with Crippen molar-refractivity contribution >= 4 is 11.8 Å². The Balaban J connectivity index is 3.17. The normalized spacial score (nSPS) is 11.2. The van der Waals surface area contributed by atoms with Gasteiger partial charge in [-0.15, -0.1) is 0 Å². The molecule has 0 aliphatic heterocycles. The van der Waals surface area contributed by atoms with Gasteiger partial charge in [0.15, 0.2) is 5.82 Å². The standard InChI is InChI=1S/C8H5F4NO2/c9-6-4(8(10,11)12)2-1-3-5(6)13-7(14)15/h1-3,13H,(H,14,15)/p-1. The van der Waals surface area contributed by atoms with Crippen LogP contribution in [0, 0.1) is 5.82 Å². The van der Waals surface area contributed by atoms with E-state index >= 15 is 0 Å². The number of hydrogen-bond donors (Lipinski definition) is 1. The van der Waals surface area contributed by atoms with Crippen LogP contribution in [0.4, 0.5) is 28.0 Å². The predicted octanol–water partition coefficient (Wildman–Crippen LogP) is 1.60. The number of carboxylic acid groups (broad SMARTS) is 1. The van der Waals surface area contributed by atoms with Gasteiger partial charge in [0.25, 0.3) is 0 Å². The number of carbonyl (C=O) groups excluding carboxylic acids is 1. The fourth-order valence-corrected chi connectivity index (χ4v) is 0.957. The minimum absolute atomic E-state index is 0.510. The first-order valence-corrected chi connectivity index (χ1v) is 3.66. The Kier molecular flexibility index (Phi) is 2.83. The molecule has 0 aliphatic carbocycles. The summed E-state index contributed by atoms with van der Waals surface area (Å²) in [5.41, 5.74) is -2.32. The van der Waals surface area contributed by atoms with Gasteiger partial charge in [-0.1, -0.05) is 6.07 Å². The van der Waals surface area contributed by atoms with Gasteiger partial charge >= 0.3 is 6.18 Å². The first-order valence-electron chi connectivity index (χ1n) is 3.66. The van der Waals surface area contributed by atoms with Crippen molar-refractivity contribution in [3.8, 4) is 0 Å². The van der Waals surface area contributed by atoms with E-state index in [1.165, 1.54) is 5.32 Å². The highest BCUT2D eigenvalue weighted by Crippen LogP contribution is 2.33. The molecule has 0 spiro atoms. The van der Waals surface area contributed by atoms with E-state index in [1.54, 1.807) is 0 Å². The van der Waals surface area contributed by atoms with Crippen molar-refractivity contribution in [1.82, 2.24) is 0 Å². The van der Waals surface area contributed by atoms with E-state index in [2.05, 4.69) is 0 Å². The van der Waals surface area contributed by atoms with Gasteiger partial charge < -0.3 is 15.2 Å². The molecule has 15 heavy (non-hydrogen) atoms. The van der Waals surface area contributed by atoms with Crippen LogP contribution >= 0.6 is 0 Å². The highest BCUT2D eigenvalue weighted by atomic mass is 19.4. The van der Waals surface area contributed by atoms with Crippen LogP contribution in [0.2, 0.25) is 0 Å². The quantitative estimate of drug-likeness (QED) is 0.733. The molecule has 0 bridgehead atoms. The van der Waals surface area contributed by atoms with Crippen LogP contribution in [-0.2, 0) is 6.18 Å². The topological polar surface area (TPSA) is 52.2 Å². The number of benzene rings is 1. The number of amides is 1. The van der Waals surface area contributed by atoms with E-state index in [4.69, 9.17) is 0 Å². The van der Waals surface area contributed by atoms with Crippen LogP contribution in [-0.4, -0.2) is 6.09 Å². The number of anilines is 1. The van der Waals surface area contributed by atoms with Gasteiger partial charge in [0.1, 0.15) is 6.09 Å². The zero-order valence-electron chi connectivity index (χ0n) is 7.06. The number of hydrogen-bond acceptors (Lipinski definition) is 2. The Hall–Kier alpha value is -1.79. The van der Waals surface area contributed by atoms with Crippen LogP contribution in [0.3, 0.4) is 0 Å². The molecular weight excluding hydrogens is 218 g/mol. The lowest BCUT2D eigenvalue weighted by molar-refractivity contribution is -0.242. The van der Waals surface area contributed by atoms with Crippen LogP contribution in [0.1, 0.15) is 5.56 Å². The molecule has 0 radical (unpaired) electrons. The summed E-state index contributed by atoms with van der Waals surface area (Å²) >= 11 is 0. The molecule has 3 nitrogen and oxygen atoms in total. The van der Waals surface area contributed by atoms with E-state index in [-0.39, 0.29) is 0 Å². The summed E-state index contributed by atoms with van der Waals surface area (Å²) in [6.45, 7) is 0. The summed E-state index contributed by atoms with van der Waals surface area (Å²) in [6.07, 6.45) is -6.75. The molecule has 82 valence electrons. The molecule has 0 atom stereocenters. The fraction of sp³-hybridized carbons (Fsp3) is 0.125. The van der Waals surface area contributed by atoms with Crippen molar-refractivity contribution in [3.05, 3.63) is 29.6 Å². The lowest BCUT2D eigenvalue weighted by Crippen LogP contribution is -2.29. The monoisotopic (exact) mass is 222 g/mol. The summed E-state index contributed by atoms with van der Waals surface area (Å²) in [5.74, 6) is -1.67. The van der Waals surface area contributed by atoms with Crippen LogP contribution < -0.4 is 10.4 Å². The molecule has 0 fully saturated rings. The maximum Gasteiger partial charge on any atom is 0.419 e. The number of alkyl halides is 3. The third-order valence-electron chi connectivity index (χ3n) is 1.54. The average Bonchev–Trinajstić information content (AvgIpc) is 2.05. The molecular formula is C8H4F4NO2-. The zero-order chi connectivity index (χ0) is 11.6. The van der Waals surface area contributed by atoms with Crippen molar-refractivity contribution in [1.29, 1.82) is 0 Å². The molecule has 7 heteroatoms. The van der Waals surface area contributed by atoms with Crippen molar-refractivity contribution < 1.29 is 27.5 Å². The van der Waals surface area contributed by atoms with Crippen LogP contribution in [0.5, 0.6) is 0 Å². The van der Waals surface area contributed by atoms with E-state index in [0.717, 1.165) is 12.1 Å². The summed E-state index contributed by atoms with van der Waals surface area (Å²) in [5, 5.41) is 11.4. The smallest absolute Gasteiger partial charge is 0.419 e. The number of nitrogens with one attached hydrogen (secondary N) is 1. The maximum atomic E-state index is 13.1. The highest BCUT2D eigenvalue weighted by Gasteiger charge is 2.34. The van der Waals surface area contributed by atoms with E-state index in [9.17, 15) is 27.5 Å². The maximum absolute atomic E-state index is 13.1. The fourth-order valence-electron chi connectivity index (χ4n) is 0.957. The van der Waals surface area contributed by atoms with Crippen LogP contribution in [0.25, 0.3) is 0 Å². The van der Waals surface area contributed by atoms with E-state index in [1.807, 2.05) is 0 Å². The van der Waals surface area contributed by atoms with Crippen LogP contribution in [0.15, 0.2) is 18.2 Å². The second kappa shape index (κ2) is 3.76. The molecule has 1 aromatic carbocycles. The minimum Gasteiger partial charge on any atom is -0.530 e. The Bertz CT molecular complexity index is 389. The van der Waals surface area contributed by atoms with Gasteiger partial charge in [-0.05, 0) is 12.1 Å². The molecule has 0 aliphatic rings. The third-order valence-corrected chi connectivity index (χ3v) is 1.54. The minimum atomic E-state index is -4.87. The summed E-state index contributed by atoms with van der Waals surface area (Å²) in [6, 6.07) is 2.26. The molecule has 1 aromatic rings. The van der Waals surface area contributed by atoms with Gasteiger partial charge in [0.05, 0.1) is 11.3 Å². The second-order valence-corrected chi connectivity index (χ2v) is 2.58. The molecule has 0 saturated carbocycles. The first-order chi connectivity index (χ1) is 6.82.